The van der Waals surface area contributed by atoms with E-state index in [2.05, 4.69) is 34.7 Å². The quantitative estimate of drug-likeness (QED) is 0.773. The molecule has 3 unspecified atom stereocenters. The summed E-state index contributed by atoms with van der Waals surface area (Å²) >= 11 is 0. The molecule has 0 radical (unpaired) electrons. The summed E-state index contributed by atoms with van der Waals surface area (Å²) in [6, 6.07) is 1.20. The van der Waals surface area contributed by atoms with E-state index in [1.807, 2.05) is 6.92 Å². The van der Waals surface area contributed by atoms with Crippen LogP contribution >= 0.6 is 0 Å². The number of nitrogens with one attached hydrogen (secondary N) is 2. The van der Waals surface area contributed by atoms with Crippen LogP contribution in [0.1, 0.15) is 45.5 Å². The Bertz CT molecular complexity index is 338. The van der Waals surface area contributed by atoms with Gasteiger partial charge in [-0.25, -0.2) is 0 Å². The fourth-order valence-corrected chi connectivity index (χ4v) is 1.60. The van der Waals surface area contributed by atoms with Crippen LogP contribution in [0.3, 0.4) is 0 Å². The standard InChI is InChI=1S/C11H20N4O/c1-4-5-12-8(3)10-14-15-11(16-10)13-9-6-7(9)2/h7-9,12H,4-6H2,1-3H3,(H,13,15). The summed E-state index contributed by atoms with van der Waals surface area (Å²) in [5, 5.41) is 14.6. The summed E-state index contributed by atoms with van der Waals surface area (Å²) < 4.78 is 5.55. The first-order chi connectivity index (χ1) is 7.70. The highest BCUT2D eigenvalue weighted by atomic mass is 16.4. The zero-order chi connectivity index (χ0) is 11.5. The summed E-state index contributed by atoms with van der Waals surface area (Å²) in [5.41, 5.74) is 0. The van der Waals surface area contributed by atoms with Crippen LogP contribution in [-0.4, -0.2) is 22.8 Å². The number of anilines is 1. The second-order valence-corrected chi connectivity index (χ2v) is 4.59. The molecule has 90 valence electrons. The normalized spacial score (nSPS) is 25.4. The fraction of sp³-hybridized carbons (Fsp3) is 0.818. The lowest BCUT2D eigenvalue weighted by Crippen LogP contribution is -2.19. The van der Waals surface area contributed by atoms with Crippen molar-refractivity contribution in [1.82, 2.24) is 15.5 Å². The first-order valence-electron chi connectivity index (χ1n) is 6.04. The van der Waals surface area contributed by atoms with E-state index in [1.165, 1.54) is 6.42 Å². The van der Waals surface area contributed by atoms with E-state index in [9.17, 15) is 0 Å². The third-order valence-corrected chi connectivity index (χ3v) is 2.93. The lowest BCUT2D eigenvalue weighted by atomic mass is 10.3. The van der Waals surface area contributed by atoms with E-state index in [0.717, 1.165) is 18.9 Å². The van der Waals surface area contributed by atoms with Crippen LogP contribution in [-0.2, 0) is 0 Å². The summed E-state index contributed by atoms with van der Waals surface area (Å²) in [7, 11) is 0. The minimum Gasteiger partial charge on any atom is -0.406 e. The maximum atomic E-state index is 5.55. The summed E-state index contributed by atoms with van der Waals surface area (Å²) in [6.45, 7) is 7.34. The Morgan fingerprint density at radius 1 is 1.50 bits per heavy atom. The lowest BCUT2D eigenvalue weighted by molar-refractivity contribution is 0.422. The van der Waals surface area contributed by atoms with E-state index in [1.54, 1.807) is 0 Å². The Kier molecular flexibility index (Phi) is 3.43. The minimum absolute atomic E-state index is 0.125. The van der Waals surface area contributed by atoms with Gasteiger partial charge in [-0.15, -0.1) is 5.10 Å². The van der Waals surface area contributed by atoms with Gasteiger partial charge in [-0.2, -0.15) is 0 Å². The van der Waals surface area contributed by atoms with Crippen molar-refractivity contribution >= 4 is 6.01 Å². The molecule has 1 heterocycles. The Balaban J connectivity index is 1.86. The second kappa shape index (κ2) is 4.82. The zero-order valence-corrected chi connectivity index (χ0v) is 10.2. The Hall–Kier alpha value is -1.10. The van der Waals surface area contributed by atoms with Crippen molar-refractivity contribution in [3.8, 4) is 0 Å². The van der Waals surface area contributed by atoms with Crippen LogP contribution in [0, 0.1) is 5.92 Å². The van der Waals surface area contributed by atoms with Crippen molar-refractivity contribution in [2.24, 2.45) is 5.92 Å². The van der Waals surface area contributed by atoms with Gasteiger partial charge in [0.05, 0.1) is 6.04 Å². The van der Waals surface area contributed by atoms with Crippen LogP contribution in [0.5, 0.6) is 0 Å². The van der Waals surface area contributed by atoms with Crippen molar-refractivity contribution in [3.05, 3.63) is 5.89 Å². The maximum absolute atomic E-state index is 5.55. The molecule has 0 aliphatic heterocycles. The van der Waals surface area contributed by atoms with E-state index in [-0.39, 0.29) is 6.04 Å². The highest BCUT2D eigenvalue weighted by molar-refractivity contribution is 5.24. The molecule has 5 heteroatoms. The van der Waals surface area contributed by atoms with Crippen LogP contribution in [0.25, 0.3) is 0 Å². The van der Waals surface area contributed by atoms with Crippen LogP contribution in [0.4, 0.5) is 6.01 Å². The molecule has 0 amide bonds. The number of nitrogens with zero attached hydrogens (tertiary/aromatic N) is 2. The summed E-state index contributed by atoms with van der Waals surface area (Å²) in [4.78, 5) is 0. The molecule has 3 atom stereocenters. The topological polar surface area (TPSA) is 63.0 Å². The molecular formula is C11H20N4O. The first-order valence-corrected chi connectivity index (χ1v) is 6.04. The van der Waals surface area contributed by atoms with Crippen LogP contribution in [0.2, 0.25) is 0 Å². The van der Waals surface area contributed by atoms with Gasteiger partial charge in [-0.1, -0.05) is 18.9 Å². The van der Waals surface area contributed by atoms with Gasteiger partial charge in [0.1, 0.15) is 0 Å². The maximum Gasteiger partial charge on any atom is 0.315 e. The molecule has 1 aliphatic rings. The van der Waals surface area contributed by atoms with Crippen LogP contribution in [0.15, 0.2) is 4.42 Å². The predicted octanol–water partition coefficient (Wildman–Crippen LogP) is 1.95. The molecule has 1 aromatic heterocycles. The molecule has 1 aromatic rings. The number of rotatable bonds is 6. The second-order valence-electron chi connectivity index (χ2n) is 4.59. The summed E-state index contributed by atoms with van der Waals surface area (Å²) in [5.74, 6) is 1.38. The molecule has 16 heavy (non-hydrogen) atoms. The van der Waals surface area contributed by atoms with E-state index >= 15 is 0 Å². The average molecular weight is 224 g/mol. The van der Waals surface area contributed by atoms with Gasteiger partial charge < -0.3 is 15.1 Å². The molecule has 1 aliphatic carbocycles. The van der Waals surface area contributed by atoms with Gasteiger partial charge in [0, 0.05) is 6.04 Å². The minimum atomic E-state index is 0.125. The molecule has 2 N–H and O–H groups in total. The lowest BCUT2D eigenvalue weighted by Gasteiger charge is -2.07. The van der Waals surface area contributed by atoms with Gasteiger partial charge in [-0.05, 0) is 32.2 Å². The van der Waals surface area contributed by atoms with Crippen molar-refractivity contribution in [2.45, 2.75) is 45.7 Å². The highest BCUT2D eigenvalue weighted by Crippen LogP contribution is 2.32. The highest BCUT2D eigenvalue weighted by Gasteiger charge is 2.33. The first kappa shape index (κ1) is 11.4. The Morgan fingerprint density at radius 3 is 2.88 bits per heavy atom. The Labute approximate surface area is 96.0 Å². The average Bonchev–Trinajstić information content (AvgIpc) is 2.79. The van der Waals surface area contributed by atoms with Gasteiger partial charge in [-0.3, -0.25) is 0 Å². The molecule has 0 bridgehead atoms. The monoisotopic (exact) mass is 224 g/mol. The number of aromatic nitrogens is 2. The molecular weight excluding hydrogens is 204 g/mol. The van der Waals surface area contributed by atoms with E-state index < -0.39 is 0 Å². The van der Waals surface area contributed by atoms with Crippen molar-refractivity contribution in [3.63, 3.8) is 0 Å². The molecule has 1 saturated carbocycles. The van der Waals surface area contributed by atoms with Crippen molar-refractivity contribution in [1.29, 1.82) is 0 Å². The smallest absolute Gasteiger partial charge is 0.315 e. The third-order valence-electron chi connectivity index (χ3n) is 2.93. The van der Waals surface area contributed by atoms with Crippen LogP contribution < -0.4 is 10.6 Å². The van der Waals surface area contributed by atoms with Crippen molar-refractivity contribution in [2.75, 3.05) is 11.9 Å². The molecule has 0 aromatic carbocycles. The zero-order valence-electron chi connectivity index (χ0n) is 10.2. The van der Waals surface area contributed by atoms with E-state index in [0.29, 0.717) is 17.9 Å². The molecule has 0 saturated heterocycles. The van der Waals surface area contributed by atoms with Crippen molar-refractivity contribution < 1.29 is 4.42 Å². The van der Waals surface area contributed by atoms with Gasteiger partial charge in [0.25, 0.3) is 0 Å². The van der Waals surface area contributed by atoms with E-state index in [4.69, 9.17) is 4.42 Å². The summed E-state index contributed by atoms with van der Waals surface area (Å²) in [6.07, 6.45) is 2.30. The molecule has 5 nitrogen and oxygen atoms in total. The predicted molar refractivity (Wildman–Crippen MR) is 62.2 cm³/mol. The number of hydrogen-bond acceptors (Lipinski definition) is 5. The van der Waals surface area contributed by atoms with Gasteiger partial charge in [0.2, 0.25) is 5.89 Å². The number of hydrogen-bond donors (Lipinski definition) is 2. The largest absolute Gasteiger partial charge is 0.406 e. The van der Waals surface area contributed by atoms with Gasteiger partial charge in [0.15, 0.2) is 0 Å². The van der Waals surface area contributed by atoms with Gasteiger partial charge >= 0.3 is 6.01 Å². The molecule has 2 rings (SSSR count). The fourth-order valence-electron chi connectivity index (χ4n) is 1.60. The molecule has 1 fully saturated rings. The third kappa shape index (κ3) is 2.72. The molecule has 0 spiro atoms. The SMILES string of the molecule is CCCNC(C)c1nnc(NC2CC2C)o1. The Morgan fingerprint density at radius 2 is 2.25 bits per heavy atom.